The summed E-state index contributed by atoms with van der Waals surface area (Å²) >= 11 is 6.21. The molecule has 2 heterocycles. The Hall–Kier alpha value is -2.78. The maximum atomic E-state index is 6.21. The van der Waals surface area contributed by atoms with Crippen LogP contribution in [-0.2, 0) is 0 Å². The summed E-state index contributed by atoms with van der Waals surface area (Å²) in [5, 5.41) is 4.27. The Morgan fingerprint density at radius 3 is 2.52 bits per heavy atom. The van der Waals surface area contributed by atoms with Gasteiger partial charge in [0.1, 0.15) is 17.2 Å². The molecule has 4 aromatic rings. The van der Waals surface area contributed by atoms with Crippen molar-refractivity contribution >= 4 is 28.8 Å². The van der Waals surface area contributed by atoms with E-state index in [1.807, 2.05) is 48.7 Å². The molecule has 0 spiro atoms. The number of aryl methyl sites for hydroxylation is 2. The van der Waals surface area contributed by atoms with Gasteiger partial charge in [-0.15, -0.1) is 0 Å². The predicted molar refractivity (Wildman–Crippen MR) is 105 cm³/mol. The summed E-state index contributed by atoms with van der Waals surface area (Å²) < 4.78 is 2.10. The van der Waals surface area contributed by atoms with E-state index in [4.69, 9.17) is 16.6 Å². The Balaban J connectivity index is 1.96. The Labute approximate surface area is 151 Å². The number of nitrogens with zero attached hydrogens (tertiary/aromatic N) is 2. The quantitative estimate of drug-likeness (QED) is 0.491. The molecule has 0 bridgehead atoms. The Morgan fingerprint density at radius 1 is 0.920 bits per heavy atom. The zero-order valence-corrected chi connectivity index (χ0v) is 14.9. The molecule has 0 aliphatic heterocycles. The minimum atomic E-state index is 0.702. The highest BCUT2D eigenvalue weighted by Gasteiger charge is 2.16. The summed E-state index contributed by atoms with van der Waals surface area (Å²) in [5.41, 5.74) is 6.19. The van der Waals surface area contributed by atoms with E-state index in [-0.39, 0.29) is 0 Å². The summed E-state index contributed by atoms with van der Waals surface area (Å²) in [6.45, 7) is 4.16. The van der Waals surface area contributed by atoms with Gasteiger partial charge in [0.15, 0.2) is 0 Å². The Morgan fingerprint density at radius 2 is 1.72 bits per heavy atom. The molecule has 0 aliphatic carbocycles. The summed E-state index contributed by atoms with van der Waals surface area (Å²) in [4.78, 5) is 4.89. The van der Waals surface area contributed by atoms with Gasteiger partial charge in [-0.25, -0.2) is 4.98 Å². The fraction of sp³-hybridized carbons (Fsp3) is 0.0952. The number of hydrogen-bond donors (Lipinski definition) is 1. The van der Waals surface area contributed by atoms with E-state index in [0.29, 0.717) is 5.02 Å². The van der Waals surface area contributed by atoms with Crippen molar-refractivity contribution in [2.24, 2.45) is 0 Å². The van der Waals surface area contributed by atoms with E-state index >= 15 is 0 Å². The minimum Gasteiger partial charge on any atom is -0.339 e. The lowest BCUT2D eigenvalue weighted by Gasteiger charge is -2.11. The van der Waals surface area contributed by atoms with Crippen molar-refractivity contribution in [1.82, 2.24) is 9.38 Å². The average Bonchev–Trinajstić information content (AvgIpc) is 2.97. The molecular weight excluding hydrogens is 330 g/mol. The molecule has 1 N–H and O–H groups in total. The number of nitrogens with one attached hydrogen (secondary N) is 1. The van der Waals surface area contributed by atoms with Crippen LogP contribution < -0.4 is 5.32 Å². The fourth-order valence-corrected chi connectivity index (χ4v) is 3.19. The van der Waals surface area contributed by atoms with Crippen LogP contribution in [0.3, 0.4) is 0 Å². The molecule has 3 nitrogen and oxygen atoms in total. The molecule has 0 saturated carbocycles. The van der Waals surface area contributed by atoms with Crippen LogP contribution in [0.5, 0.6) is 0 Å². The maximum absolute atomic E-state index is 6.21. The molecular formula is C21H18ClN3. The van der Waals surface area contributed by atoms with Crippen LogP contribution in [0, 0.1) is 13.8 Å². The van der Waals surface area contributed by atoms with Crippen molar-refractivity contribution in [2.45, 2.75) is 13.8 Å². The number of halogens is 1. The summed E-state index contributed by atoms with van der Waals surface area (Å²) in [6.07, 6.45) is 2.03. The van der Waals surface area contributed by atoms with Crippen molar-refractivity contribution in [2.75, 3.05) is 5.32 Å². The van der Waals surface area contributed by atoms with E-state index in [2.05, 4.69) is 41.8 Å². The zero-order valence-electron chi connectivity index (χ0n) is 14.1. The monoisotopic (exact) mass is 347 g/mol. The van der Waals surface area contributed by atoms with Gasteiger partial charge in [-0.05, 0) is 49.2 Å². The smallest absolute Gasteiger partial charge is 0.143 e. The number of anilines is 2. The third kappa shape index (κ3) is 2.87. The third-order valence-corrected chi connectivity index (χ3v) is 4.58. The van der Waals surface area contributed by atoms with Gasteiger partial charge in [0.25, 0.3) is 0 Å². The molecule has 25 heavy (non-hydrogen) atoms. The van der Waals surface area contributed by atoms with Crippen LogP contribution in [0.4, 0.5) is 11.5 Å². The molecule has 0 aliphatic rings. The first kappa shape index (κ1) is 15.7. The fourth-order valence-electron chi connectivity index (χ4n) is 3.00. The zero-order chi connectivity index (χ0) is 17.4. The average molecular weight is 348 g/mol. The van der Waals surface area contributed by atoms with Crippen molar-refractivity contribution < 1.29 is 0 Å². The largest absolute Gasteiger partial charge is 0.339 e. The van der Waals surface area contributed by atoms with Crippen molar-refractivity contribution in [1.29, 1.82) is 0 Å². The molecule has 0 radical (unpaired) electrons. The Kier molecular flexibility index (Phi) is 3.94. The third-order valence-electron chi connectivity index (χ3n) is 4.34. The number of imidazole rings is 1. The van der Waals surface area contributed by atoms with E-state index in [9.17, 15) is 0 Å². The molecule has 2 aromatic heterocycles. The summed E-state index contributed by atoms with van der Waals surface area (Å²) in [7, 11) is 0. The molecule has 0 saturated heterocycles. The van der Waals surface area contributed by atoms with Gasteiger partial charge in [-0.3, -0.25) is 4.40 Å². The first-order chi connectivity index (χ1) is 12.1. The lowest BCUT2D eigenvalue weighted by molar-refractivity contribution is 1.16. The van der Waals surface area contributed by atoms with Crippen LogP contribution >= 0.6 is 11.6 Å². The summed E-state index contributed by atoms with van der Waals surface area (Å²) in [5.74, 6) is 0.940. The second-order valence-corrected chi connectivity index (χ2v) is 6.58. The first-order valence-electron chi connectivity index (χ1n) is 8.20. The molecule has 2 aromatic carbocycles. The second-order valence-electron chi connectivity index (χ2n) is 6.14. The van der Waals surface area contributed by atoms with Crippen LogP contribution in [-0.4, -0.2) is 9.38 Å². The van der Waals surface area contributed by atoms with Crippen LogP contribution in [0.25, 0.3) is 16.9 Å². The van der Waals surface area contributed by atoms with E-state index < -0.39 is 0 Å². The van der Waals surface area contributed by atoms with Gasteiger partial charge >= 0.3 is 0 Å². The van der Waals surface area contributed by atoms with Crippen molar-refractivity contribution in [3.63, 3.8) is 0 Å². The van der Waals surface area contributed by atoms with Gasteiger partial charge in [-0.2, -0.15) is 0 Å². The topological polar surface area (TPSA) is 29.3 Å². The van der Waals surface area contributed by atoms with E-state index in [1.165, 1.54) is 5.56 Å². The lowest BCUT2D eigenvalue weighted by Crippen LogP contribution is -1.98. The second kappa shape index (κ2) is 6.26. The molecule has 0 amide bonds. The molecule has 124 valence electrons. The Bertz CT molecular complexity index is 1070. The highest BCUT2D eigenvalue weighted by molar-refractivity contribution is 6.30. The number of fused-ring (bicyclic) bond motifs is 1. The van der Waals surface area contributed by atoms with Crippen molar-refractivity contribution in [3.8, 4) is 11.3 Å². The van der Waals surface area contributed by atoms with Crippen LogP contribution in [0.2, 0.25) is 5.02 Å². The minimum absolute atomic E-state index is 0.702. The first-order valence-corrected chi connectivity index (χ1v) is 8.57. The van der Waals surface area contributed by atoms with Gasteiger partial charge in [0.2, 0.25) is 0 Å². The van der Waals surface area contributed by atoms with E-state index in [1.54, 1.807) is 0 Å². The number of rotatable bonds is 3. The highest BCUT2D eigenvalue weighted by atomic mass is 35.5. The molecule has 4 heteroatoms. The van der Waals surface area contributed by atoms with Gasteiger partial charge in [0.05, 0.1) is 0 Å². The van der Waals surface area contributed by atoms with E-state index in [0.717, 1.165) is 34.0 Å². The van der Waals surface area contributed by atoms with Crippen LogP contribution in [0.15, 0.2) is 66.9 Å². The van der Waals surface area contributed by atoms with Gasteiger partial charge in [0, 0.05) is 22.5 Å². The van der Waals surface area contributed by atoms with Crippen molar-refractivity contribution in [3.05, 3.63) is 83.0 Å². The number of hydrogen-bond acceptors (Lipinski definition) is 2. The molecule has 4 rings (SSSR count). The molecule has 0 fully saturated rings. The SMILES string of the molecule is Cc1ccccc1Nc1c(-c2cccc(Cl)c2)nc2c(C)cccn12. The number of benzene rings is 2. The predicted octanol–water partition coefficient (Wildman–Crippen LogP) is 6.02. The molecule has 0 unspecified atom stereocenters. The molecule has 0 atom stereocenters. The maximum Gasteiger partial charge on any atom is 0.143 e. The summed E-state index contributed by atoms with van der Waals surface area (Å²) in [6, 6.07) is 20.2. The number of pyridine rings is 1. The van der Waals surface area contributed by atoms with Crippen LogP contribution in [0.1, 0.15) is 11.1 Å². The lowest BCUT2D eigenvalue weighted by atomic mass is 10.1. The normalized spacial score (nSPS) is 11.0. The van der Waals surface area contributed by atoms with Gasteiger partial charge in [-0.1, -0.05) is 48.0 Å². The number of aromatic nitrogens is 2. The highest BCUT2D eigenvalue weighted by Crippen LogP contribution is 2.33. The number of para-hydroxylation sites is 1. The van der Waals surface area contributed by atoms with Gasteiger partial charge < -0.3 is 5.32 Å². The standard InChI is InChI=1S/C21H18ClN3/c1-14-7-3-4-11-18(14)23-21-19(16-9-5-10-17(22)13-16)24-20-15(2)8-6-12-25(20)21/h3-13,23H,1-2H3.